The SMILES string of the molecule is CNc1ccnc(C(=O)N(CCO)CC(F)F)c1. The van der Waals surface area contributed by atoms with Crippen LogP contribution in [0.4, 0.5) is 14.5 Å². The van der Waals surface area contributed by atoms with Crippen LogP contribution in [-0.4, -0.2) is 54.1 Å². The normalized spacial score (nSPS) is 10.5. The van der Waals surface area contributed by atoms with Gasteiger partial charge >= 0.3 is 0 Å². The minimum atomic E-state index is -2.65. The molecule has 100 valence electrons. The number of aliphatic hydroxyl groups is 1. The monoisotopic (exact) mass is 259 g/mol. The summed E-state index contributed by atoms with van der Waals surface area (Å²) in [5, 5.41) is 11.6. The van der Waals surface area contributed by atoms with Crippen molar-refractivity contribution in [1.29, 1.82) is 0 Å². The van der Waals surface area contributed by atoms with E-state index in [1.807, 2.05) is 0 Å². The third-order valence-electron chi connectivity index (χ3n) is 2.28. The molecule has 1 heterocycles. The maximum atomic E-state index is 12.3. The Labute approximate surface area is 103 Å². The molecule has 0 aliphatic heterocycles. The molecular weight excluding hydrogens is 244 g/mol. The van der Waals surface area contributed by atoms with Gasteiger partial charge in [0, 0.05) is 25.5 Å². The highest BCUT2D eigenvalue weighted by Crippen LogP contribution is 2.10. The fourth-order valence-electron chi connectivity index (χ4n) is 1.43. The van der Waals surface area contributed by atoms with Gasteiger partial charge in [0.1, 0.15) is 5.69 Å². The van der Waals surface area contributed by atoms with Crippen LogP contribution in [0.1, 0.15) is 10.5 Å². The van der Waals surface area contributed by atoms with E-state index in [0.717, 1.165) is 4.90 Å². The number of hydrogen-bond donors (Lipinski definition) is 2. The molecule has 0 bridgehead atoms. The van der Waals surface area contributed by atoms with Gasteiger partial charge < -0.3 is 15.3 Å². The highest BCUT2D eigenvalue weighted by molar-refractivity contribution is 5.93. The number of anilines is 1. The molecule has 0 saturated heterocycles. The number of amides is 1. The summed E-state index contributed by atoms with van der Waals surface area (Å²) in [5.74, 6) is -0.624. The van der Waals surface area contributed by atoms with Crippen molar-refractivity contribution in [1.82, 2.24) is 9.88 Å². The number of aliphatic hydroxyl groups excluding tert-OH is 1. The zero-order valence-electron chi connectivity index (χ0n) is 9.94. The Morgan fingerprint density at radius 3 is 2.89 bits per heavy atom. The first kappa shape index (κ1) is 14.3. The Bertz CT molecular complexity index is 402. The standard InChI is InChI=1S/C11H15F2N3O2/c1-14-8-2-3-15-9(6-8)11(18)16(4-5-17)7-10(12)13/h2-3,6,10,17H,4-5,7H2,1H3,(H,14,15). The minimum Gasteiger partial charge on any atom is -0.395 e. The van der Waals surface area contributed by atoms with Gasteiger partial charge in [-0.25, -0.2) is 8.78 Å². The fourth-order valence-corrected chi connectivity index (χ4v) is 1.43. The van der Waals surface area contributed by atoms with Crippen LogP contribution in [0.2, 0.25) is 0 Å². The summed E-state index contributed by atoms with van der Waals surface area (Å²) in [6, 6.07) is 3.12. The van der Waals surface area contributed by atoms with Crippen molar-refractivity contribution in [3.05, 3.63) is 24.0 Å². The lowest BCUT2D eigenvalue weighted by molar-refractivity contribution is 0.0504. The summed E-state index contributed by atoms with van der Waals surface area (Å²) in [7, 11) is 1.67. The van der Waals surface area contributed by atoms with E-state index in [2.05, 4.69) is 10.3 Å². The van der Waals surface area contributed by atoms with Gasteiger partial charge in [-0.2, -0.15) is 0 Å². The molecule has 0 aromatic carbocycles. The van der Waals surface area contributed by atoms with Crippen molar-refractivity contribution in [2.75, 3.05) is 32.1 Å². The molecule has 1 amide bonds. The first-order valence-corrected chi connectivity index (χ1v) is 5.40. The molecule has 1 rings (SSSR count). The number of nitrogens with one attached hydrogen (secondary N) is 1. The summed E-state index contributed by atoms with van der Waals surface area (Å²) in [4.78, 5) is 16.7. The second-order valence-electron chi connectivity index (χ2n) is 3.55. The van der Waals surface area contributed by atoms with E-state index in [4.69, 9.17) is 5.11 Å². The molecule has 0 aliphatic rings. The highest BCUT2D eigenvalue weighted by Gasteiger charge is 2.20. The third-order valence-corrected chi connectivity index (χ3v) is 2.28. The molecule has 7 heteroatoms. The van der Waals surface area contributed by atoms with E-state index in [1.165, 1.54) is 12.3 Å². The van der Waals surface area contributed by atoms with Crippen LogP contribution < -0.4 is 5.32 Å². The molecule has 0 fully saturated rings. The van der Waals surface area contributed by atoms with Crippen molar-refractivity contribution in [2.24, 2.45) is 0 Å². The van der Waals surface area contributed by atoms with E-state index >= 15 is 0 Å². The number of carbonyl (C=O) groups is 1. The highest BCUT2D eigenvalue weighted by atomic mass is 19.3. The zero-order valence-corrected chi connectivity index (χ0v) is 9.94. The average molecular weight is 259 g/mol. The Balaban J connectivity index is 2.86. The number of halogens is 2. The van der Waals surface area contributed by atoms with E-state index in [1.54, 1.807) is 13.1 Å². The summed E-state index contributed by atoms with van der Waals surface area (Å²) >= 11 is 0. The average Bonchev–Trinajstić information content (AvgIpc) is 2.37. The van der Waals surface area contributed by atoms with Crippen LogP contribution in [0.25, 0.3) is 0 Å². The number of alkyl halides is 2. The lowest BCUT2D eigenvalue weighted by atomic mass is 10.2. The fraction of sp³-hybridized carbons (Fsp3) is 0.455. The van der Waals surface area contributed by atoms with Gasteiger partial charge in [-0.15, -0.1) is 0 Å². The minimum absolute atomic E-state index is 0.0657. The predicted molar refractivity (Wildman–Crippen MR) is 62.8 cm³/mol. The molecule has 0 spiro atoms. The lowest BCUT2D eigenvalue weighted by Gasteiger charge is -2.20. The molecule has 0 atom stereocenters. The summed E-state index contributed by atoms with van der Waals surface area (Å²) in [6.07, 6.45) is -1.23. The van der Waals surface area contributed by atoms with Gasteiger partial charge in [0.05, 0.1) is 13.2 Å². The van der Waals surface area contributed by atoms with Crippen LogP contribution in [-0.2, 0) is 0 Å². The van der Waals surface area contributed by atoms with Crippen molar-refractivity contribution in [2.45, 2.75) is 6.43 Å². The first-order chi connectivity index (χ1) is 8.58. The first-order valence-electron chi connectivity index (χ1n) is 5.40. The summed E-state index contributed by atoms with van der Waals surface area (Å²) in [5.41, 5.74) is 0.727. The maximum absolute atomic E-state index is 12.3. The van der Waals surface area contributed by atoms with E-state index in [9.17, 15) is 13.6 Å². The Morgan fingerprint density at radius 1 is 1.61 bits per heavy atom. The largest absolute Gasteiger partial charge is 0.395 e. The number of aromatic nitrogens is 1. The van der Waals surface area contributed by atoms with Crippen LogP contribution >= 0.6 is 0 Å². The van der Waals surface area contributed by atoms with Crippen LogP contribution in [0.3, 0.4) is 0 Å². The van der Waals surface area contributed by atoms with E-state index < -0.39 is 18.9 Å². The number of nitrogens with zero attached hydrogens (tertiary/aromatic N) is 2. The number of rotatable bonds is 6. The van der Waals surface area contributed by atoms with Crippen molar-refractivity contribution in [3.8, 4) is 0 Å². The predicted octanol–water partition coefficient (Wildman–Crippen LogP) is 0.823. The molecule has 0 aliphatic carbocycles. The number of hydrogen-bond acceptors (Lipinski definition) is 4. The molecular formula is C11H15F2N3O2. The third kappa shape index (κ3) is 3.92. The molecule has 1 aromatic heterocycles. The van der Waals surface area contributed by atoms with Gasteiger partial charge in [0.15, 0.2) is 0 Å². The summed E-state index contributed by atoms with van der Waals surface area (Å²) in [6.45, 7) is -1.23. The number of carbonyl (C=O) groups excluding carboxylic acids is 1. The van der Waals surface area contributed by atoms with Crippen molar-refractivity contribution < 1.29 is 18.7 Å². The smallest absolute Gasteiger partial charge is 0.272 e. The quantitative estimate of drug-likeness (QED) is 0.794. The van der Waals surface area contributed by atoms with Gasteiger partial charge in [-0.1, -0.05) is 0 Å². The second kappa shape index (κ2) is 6.85. The topological polar surface area (TPSA) is 65.5 Å². The van der Waals surface area contributed by atoms with E-state index in [-0.39, 0.29) is 18.8 Å². The van der Waals surface area contributed by atoms with Crippen LogP contribution in [0.15, 0.2) is 18.3 Å². The summed E-state index contributed by atoms with van der Waals surface area (Å²) < 4.78 is 24.6. The van der Waals surface area contributed by atoms with Gasteiger partial charge in [-0.3, -0.25) is 9.78 Å². The Kier molecular flexibility index (Phi) is 5.44. The molecule has 0 saturated carbocycles. The van der Waals surface area contributed by atoms with Gasteiger partial charge in [-0.05, 0) is 12.1 Å². The van der Waals surface area contributed by atoms with Crippen molar-refractivity contribution >= 4 is 11.6 Å². The second-order valence-corrected chi connectivity index (χ2v) is 3.55. The van der Waals surface area contributed by atoms with Crippen molar-refractivity contribution in [3.63, 3.8) is 0 Å². The lowest BCUT2D eigenvalue weighted by Crippen LogP contribution is -2.37. The molecule has 1 aromatic rings. The van der Waals surface area contributed by atoms with Gasteiger partial charge in [0.25, 0.3) is 12.3 Å². The molecule has 2 N–H and O–H groups in total. The molecule has 5 nitrogen and oxygen atoms in total. The van der Waals surface area contributed by atoms with Crippen LogP contribution in [0, 0.1) is 0 Å². The molecule has 0 unspecified atom stereocenters. The van der Waals surface area contributed by atoms with Crippen LogP contribution in [0.5, 0.6) is 0 Å². The van der Waals surface area contributed by atoms with E-state index in [0.29, 0.717) is 5.69 Å². The Morgan fingerprint density at radius 2 is 2.33 bits per heavy atom. The Hall–Kier alpha value is -1.76. The maximum Gasteiger partial charge on any atom is 0.272 e. The molecule has 0 radical (unpaired) electrons. The molecule has 18 heavy (non-hydrogen) atoms. The zero-order chi connectivity index (χ0) is 13.5. The van der Waals surface area contributed by atoms with Gasteiger partial charge in [0.2, 0.25) is 0 Å². The number of pyridine rings is 1.